The molecule has 0 amide bonds. The highest BCUT2D eigenvalue weighted by Crippen LogP contribution is 2.39. The zero-order valence-corrected chi connectivity index (χ0v) is 16.0. The number of nitro benzene ring substituents is 1. The maximum atomic E-state index is 12.4. The molecular weight excluding hydrogens is 376 g/mol. The molecule has 2 rings (SSSR count). The zero-order valence-electron chi connectivity index (χ0n) is 15.3. The smallest absolute Gasteiger partial charge is 0.336 e. The quantitative estimate of drug-likeness (QED) is 0.429. The number of hydrogen-bond acceptors (Lipinski definition) is 7. The predicted octanol–water partition coefficient (Wildman–Crippen LogP) is 3.17. The predicted molar refractivity (Wildman–Crippen MR) is 98.0 cm³/mol. The van der Waals surface area contributed by atoms with Gasteiger partial charge in [-0.15, -0.1) is 0 Å². The van der Waals surface area contributed by atoms with Gasteiger partial charge in [0.25, 0.3) is 5.69 Å². The highest BCUT2D eigenvalue weighted by Gasteiger charge is 2.36. The fourth-order valence-electron chi connectivity index (χ4n) is 2.76. The molecule has 1 aliphatic heterocycles. The lowest BCUT2D eigenvalue weighted by Gasteiger charge is -2.32. The molecule has 9 heteroatoms. The van der Waals surface area contributed by atoms with E-state index >= 15 is 0 Å². The van der Waals surface area contributed by atoms with Crippen molar-refractivity contribution >= 4 is 29.2 Å². The molecule has 0 spiro atoms. The van der Waals surface area contributed by atoms with Gasteiger partial charge < -0.3 is 14.4 Å². The number of nitro groups is 1. The third kappa shape index (κ3) is 4.11. The molecule has 0 saturated heterocycles. The van der Waals surface area contributed by atoms with Gasteiger partial charge >= 0.3 is 11.9 Å². The number of nitrogens with zero attached hydrogens (tertiary/aromatic N) is 2. The van der Waals surface area contributed by atoms with Crippen LogP contribution in [0.25, 0.3) is 0 Å². The minimum atomic E-state index is -0.893. The summed E-state index contributed by atoms with van der Waals surface area (Å²) in [4.78, 5) is 37.1. The van der Waals surface area contributed by atoms with Crippen LogP contribution in [-0.4, -0.2) is 42.0 Å². The summed E-state index contributed by atoms with van der Waals surface area (Å²) >= 11 is 5.88. The molecule has 0 radical (unpaired) electrons. The summed E-state index contributed by atoms with van der Waals surface area (Å²) in [6.07, 6.45) is 3.13. The molecular formula is C18H19ClN2O6. The molecule has 0 bridgehead atoms. The van der Waals surface area contributed by atoms with Gasteiger partial charge in [-0.25, -0.2) is 9.59 Å². The lowest BCUT2D eigenvalue weighted by molar-refractivity contribution is -0.384. The zero-order chi connectivity index (χ0) is 20.3. The number of benzene rings is 1. The van der Waals surface area contributed by atoms with E-state index in [1.807, 2.05) is 13.8 Å². The van der Waals surface area contributed by atoms with E-state index in [1.165, 1.54) is 32.4 Å². The Hall–Kier alpha value is -2.87. The van der Waals surface area contributed by atoms with Crippen LogP contribution in [0.4, 0.5) is 5.69 Å². The van der Waals surface area contributed by atoms with E-state index in [2.05, 4.69) is 0 Å². The standard InChI is InChI=1S/C18H19ClN2O6/c1-10(2)20-8-12(17(22)26-3)16(13(9-20)18(23)27-4)11-5-6-14(19)15(7-11)21(24)25/h5-10,16H,1-4H3. The summed E-state index contributed by atoms with van der Waals surface area (Å²) in [5.41, 5.74) is 0.341. The topological polar surface area (TPSA) is 99.0 Å². The van der Waals surface area contributed by atoms with E-state index in [-0.39, 0.29) is 27.9 Å². The minimum absolute atomic E-state index is 0.0458. The first-order chi connectivity index (χ1) is 12.7. The third-order valence-corrected chi connectivity index (χ3v) is 4.46. The number of carbonyl (C=O) groups excluding carboxylic acids is 2. The normalized spacial score (nSPS) is 14.5. The monoisotopic (exact) mass is 394 g/mol. The molecule has 0 aromatic heterocycles. The summed E-state index contributed by atoms with van der Waals surface area (Å²) in [6, 6.07) is 4.07. The second-order valence-corrected chi connectivity index (χ2v) is 6.50. The third-order valence-electron chi connectivity index (χ3n) is 4.14. The number of esters is 2. The van der Waals surface area contributed by atoms with Gasteiger partial charge in [0.1, 0.15) is 5.02 Å². The second kappa shape index (κ2) is 8.22. The Morgan fingerprint density at radius 1 is 1.15 bits per heavy atom. The molecule has 1 aromatic carbocycles. The minimum Gasteiger partial charge on any atom is -0.466 e. The number of ether oxygens (including phenoxy) is 2. The van der Waals surface area contributed by atoms with Crippen molar-refractivity contribution in [1.29, 1.82) is 0 Å². The Balaban J connectivity index is 2.70. The number of hydrogen-bond donors (Lipinski definition) is 0. The SMILES string of the molecule is COC(=O)C1=CN(C(C)C)C=C(C(=O)OC)C1c1ccc(Cl)c([N+](=O)[O-])c1. The Bertz CT molecular complexity index is 812. The summed E-state index contributed by atoms with van der Waals surface area (Å²) in [5, 5.41) is 11.2. The van der Waals surface area contributed by atoms with Crippen molar-refractivity contribution in [3.05, 3.63) is 62.4 Å². The summed E-state index contributed by atoms with van der Waals surface area (Å²) < 4.78 is 9.72. The molecule has 1 heterocycles. The van der Waals surface area contributed by atoms with Crippen molar-refractivity contribution in [2.24, 2.45) is 0 Å². The average Bonchev–Trinajstić information content (AvgIpc) is 2.65. The molecule has 144 valence electrons. The fraction of sp³-hybridized carbons (Fsp3) is 0.333. The number of methoxy groups -OCH3 is 2. The van der Waals surface area contributed by atoms with Crippen LogP contribution in [0, 0.1) is 10.1 Å². The Morgan fingerprint density at radius 3 is 2.07 bits per heavy atom. The maximum Gasteiger partial charge on any atom is 0.336 e. The summed E-state index contributed by atoms with van der Waals surface area (Å²) in [7, 11) is 2.45. The molecule has 0 N–H and O–H groups in total. The molecule has 0 atom stereocenters. The van der Waals surface area contributed by atoms with Gasteiger partial charge in [0, 0.05) is 24.5 Å². The van der Waals surface area contributed by atoms with Gasteiger partial charge in [-0.3, -0.25) is 10.1 Å². The van der Waals surface area contributed by atoms with Crippen molar-refractivity contribution in [2.75, 3.05) is 14.2 Å². The Labute approximate surface area is 161 Å². The van der Waals surface area contributed by atoms with Crippen LogP contribution in [-0.2, 0) is 19.1 Å². The lowest BCUT2D eigenvalue weighted by atomic mass is 9.83. The van der Waals surface area contributed by atoms with Crippen LogP contribution in [0.3, 0.4) is 0 Å². The lowest BCUT2D eigenvalue weighted by Crippen LogP contribution is -2.31. The van der Waals surface area contributed by atoms with E-state index in [1.54, 1.807) is 17.3 Å². The Morgan fingerprint density at radius 2 is 1.67 bits per heavy atom. The molecule has 0 fully saturated rings. The van der Waals surface area contributed by atoms with Crippen LogP contribution in [0.15, 0.2) is 41.7 Å². The maximum absolute atomic E-state index is 12.4. The van der Waals surface area contributed by atoms with Crippen LogP contribution < -0.4 is 0 Å². The molecule has 0 aliphatic carbocycles. The largest absolute Gasteiger partial charge is 0.466 e. The van der Waals surface area contributed by atoms with Gasteiger partial charge in [-0.05, 0) is 25.5 Å². The van der Waals surface area contributed by atoms with Crippen LogP contribution in [0.1, 0.15) is 25.3 Å². The van der Waals surface area contributed by atoms with Crippen molar-refractivity contribution in [3.63, 3.8) is 0 Å². The first-order valence-electron chi connectivity index (χ1n) is 8.02. The highest BCUT2D eigenvalue weighted by molar-refractivity contribution is 6.32. The van der Waals surface area contributed by atoms with Gasteiger partial charge in [0.2, 0.25) is 0 Å². The van der Waals surface area contributed by atoms with E-state index in [0.717, 1.165) is 0 Å². The van der Waals surface area contributed by atoms with E-state index in [0.29, 0.717) is 5.56 Å². The van der Waals surface area contributed by atoms with Crippen molar-refractivity contribution in [1.82, 2.24) is 4.90 Å². The fourth-order valence-corrected chi connectivity index (χ4v) is 2.94. The first kappa shape index (κ1) is 20.4. The first-order valence-corrected chi connectivity index (χ1v) is 8.40. The molecule has 8 nitrogen and oxygen atoms in total. The second-order valence-electron chi connectivity index (χ2n) is 6.09. The average molecular weight is 395 g/mol. The van der Waals surface area contributed by atoms with Gasteiger partial charge in [0.05, 0.1) is 36.2 Å². The summed E-state index contributed by atoms with van der Waals surface area (Å²) in [6.45, 7) is 3.76. The molecule has 0 unspecified atom stereocenters. The van der Waals surface area contributed by atoms with E-state index in [9.17, 15) is 19.7 Å². The summed E-state index contributed by atoms with van der Waals surface area (Å²) in [5.74, 6) is -2.20. The molecule has 1 aliphatic rings. The van der Waals surface area contributed by atoms with Crippen LogP contribution in [0.2, 0.25) is 5.02 Å². The van der Waals surface area contributed by atoms with Crippen LogP contribution >= 0.6 is 11.6 Å². The van der Waals surface area contributed by atoms with E-state index < -0.39 is 22.8 Å². The van der Waals surface area contributed by atoms with Crippen LogP contribution in [0.5, 0.6) is 0 Å². The highest BCUT2D eigenvalue weighted by atomic mass is 35.5. The van der Waals surface area contributed by atoms with Gasteiger partial charge in [-0.1, -0.05) is 17.7 Å². The molecule has 1 aromatic rings. The molecule has 0 saturated carbocycles. The van der Waals surface area contributed by atoms with Gasteiger partial charge in [0.15, 0.2) is 0 Å². The van der Waals surface area contributed by atoms with Crippen molar-refractivity contribution in [2.45, 2.75) is 25.8 Å². The number of halogens is 1. The number of carbonyl (C=O) groups is 2. The van der Waals surface area contributed by atoms with E-state index in [4.69, 9.17) is 21.1 Å². The van der Waals surface area contributed by atoms with Crippen molar-refractivity contribution < 1.29 is 24.0 Å². The van der Waals surface area contributed by atoms with Gasteiger partial charge in [-0.2, -0.15) is 0 Å². The number of rotatable bonds is 5. The molecule has 27 heavy (non-hydrogen) atoms. The van der Waals surface area contributed by atoms with Crippen molar-refractivity contribution in [3.8, 4) is 0 Å². The Kier molecular flexibility index (Phi) is 6.22.